The largest absolute Gasteiger partial charge is 0.383 e. The molecule has 1 atom stereocenters. The molecular weight excluding hydrogens is 236 g/mol. The fourth-order valence-electron chi connectivity index (χ4n) is 1.95. The molecule has 1 aromatic rings. The third kappa shape index (κ3) is 4.68. The van der Waals surface area contributed by atoms with E-state index in [1.54, 1.807) is 7.11 Å². The van der Waals surface area contributed by atoms with Gasteiger partial charge in [-0.25, -0.2) is 0 Å². The van der Waals surface area contributed by atoms with E-state index in [-0.39, 0.29) is 5.38 Å². The summed E-state index contributed by atoms with van der Waals surface area (Å²) >= 11 is 6.10. The van der Waals surface area contributed by atoms with Crippen LogP contribution in [0.15, 0.2) is 12.3 Å². The molecule has 1 heterocycles. The maximum absolute atomic E-state index is 6.10. The van der Waals surface area contributed by atoms with Crippen LogP contribution in [-0.4, -0.2) is 28.9 Å². The first-order valence-electron chi connectivity index (χ1n) is 6.38. The minimum absolute atomic E-state index is 0.0818. The lowest BCUT2D eigenvalue weighted by molar-refractivity contribution is 0.195. The minimum Gasteiger partial charge on any atom is -0.383 e. The SMILES string of the molecule is CCC(CC)n1ccc(CCC(Cl)COC)n1. The summed E-state index contributed by atoms with van der Waals surface area (Å²) in [6.45, 7) is 5.00. The highest BCUT2D eigenvalue weighted by molar-refractivity contribution is 6.20. The van der Waals surface area contributed by atoms with Crippen molar-refractivity contribution in [3.63, 3.8) is 0 Å². The molecule has 0 aliphatic heterocycles. The first-order chi connectivity index (χ1) is 8.21. The first kappa shape index (κ1) is 14.5. The van der Waals surface area contributed by atoms with Crippen LogP contribution in [0.2, 0.25) is 0 Å². The molecular formula is C13H23ClN2O. The van der Waals surface area contributed by atoms with Gasteiger partial charge in [0, 0.05) is 13.3 Å². The van der Waals surface area contributed by atoms with E-state index < -0.39 is 0 Å². The summed E-state index contributed by atoms with van der Waals surface area (Å²) in [6, 6.07) is 2.61. The first-order valence-corrected chi connectivity index (χ1v) is 6.81. The van der Waals surface area contributed by atoms with Crippen LogP contribution in [0.4, 0.5) is 0 Å². The van der Waals surface area contributed by atoms with Gasteiger partial charge < -0.3 is 4.74 Å². The average molecular weight is 259 g/mol. The van der Waals surface area contributed by atoms with Crippen molar-refractivity contribution in [2.45, 2.75) is 50.9 Å². The minimum atomic E-state index is 0.0818. The van der Waals surface area contributed by atoms with Crippen LogP contribution in [0.3, 0.4) is 0 Å². The Labute approximate surface area is 109 Å². The van der Waals surface area contributed by atoms with Gasteiger partial charge in [0.05, 0.1) is 23.7 Å². The third-order valence-corrected chi connectivity index (χ3v) is 3.39. The topological polar surface area (TPSA) is 27.1 Å². The van der Waals surface area contributed by atoms with E-state index in [4.69, 9.17) is 16.3 Å². The second-order valence-electron chi connectivity index (χ2n) is 4.35. The fraction of sp³-hybridized carbons (Fsp3) is 0.769. The molecule has 17 heavy (non-hydrogen) atoms. The third-order valence-electron chi connectivity index (χ3n) is 3.04. The van der Waals surface area contributed by atoms with Gasteiger partial charge in [-0.2, -0.15) is 5.10 Å². The highest BCUT2D eigenvalue weighted by atomic mass is 35.5. The molecule has 0 aliphatic rings. The van der Waals surface area contributed by atoms with Crippen molar-refractivity contribution in [2.75, 3.05) is 13.7 Å². The molecule has 0 aliphatic carbocycles. The van der Waals surface area contributed by atoms with E-state index >= 15 is 0 Å². The molecule has 0 bridgehead atoms. The van der Waals surface area contributed by atoms with Gasteiger partial charge in [0.1, 0.15) is 0 Å². The highest BCUT2D eigenvalue weighted by Crippen LogP contribution is 2.15. The second kappa shape index (κ2) is 7.72. The van der Waals surface area contributed by atoms with Gasteiger partial charge in [-0.1, -0.05) is 13.8 Å². The molecule has 0 radical (unpaired) electrons. The van der Waals surface area contributed by atoms with Crippen LogP contribution in [-0.2, 0) is 11.2 Å². The van der Waals surface area contributed by atoms with E-state index in [2.05, 4.69) is 35.9 Å². The van der Waals surface area contributed by atoms with E-state index in [9.17, 15) is 0 Å². The summed E-state index contributed by atoms with van der Waals surface area (Å²) in [4.78, 5) is 0. The van der Waals surface area contributed by atoms with Crippen LogP contribution in [0.25, 0.3) is 0 Å². The summed E-state index contributed by atoms with van der Waals surface area (Å²) in [5.41, 5.74) is 1.12. The Morgan fingerprint density at radius 3 is 2.71 bits per heavy atom. The van der Waals surface area contributed by atoms with Gasteiger partial charge >= 0.3 is 0 Å². The average Bonchev–Trinajstić information content (AvgIpc) is 2.77. The van der Waals surface area contributed by atoms with E-state index in [1.807, 2.05) is 0 Å². The highest BCUT2D eigenvalue weighted by Gasteiger charge is 2.09. The number of hydrogen-bond donors (Lipinski definition) is 0. The number of aromatic nitrogens is 2. The number of ether oxygens (including phenoxy) is 1. The lowest BCUT2D eigenvalue weighted by Crippen LogP contribution is -2.10. The quantitative estimate of drug-likeness (QED) is 0.668. The number of hydrogen-bond acceptors (Lipinski definition) is 2. The zero-order valence-electron chi connectivity index (χ0n) is 11.0. The van der Waals surface area contributed by atoms with Crippen LogP contribution in [0.5, 0.6) is 0 Å². The molecule has 0 saturated heterocycles. The molecule has 1 rings (SSSR count). The Morgan fingerprint density at radius 1 is 1.41 bits per heavy atom. The normalized spacial score (nSPS) is 13.2. The van der Waals surface area contributed by atoms with E-state index in [0.29, 0.717) is 12.6 Å². The molecule has 1 unspecified atom stereocenters. The van der Waals surface area contributed by atoms with Crippen LogP contribution in [0.1, 0.15) is 44.8 Å². The summed E-state index contributed by atoms with van der Waals surface area (Å²) in [6.07, 6.45) is 6.16. The van der Waals surface area contributed by atoms with Crippen molar-refractivity contribution in [3.05, 3.63) is 18.0 Å². The monoisotopic (exact) mass is 258 g/mol. The van der Waals surface area contributed by atoms with Crippen LogP contribution < -0.4 is 0 Å². The zero-order valence-corrected chi connectivity index (χ0v) is 11.8. The molecule has 4 heteroatoms. The van der Waals surface area contributed by atoms with E-state index in [1.165, 1.54) is 0 Å². The van der Waals surface area contributed by atoms with Crippen LogP contribution in [0, 0.1) is 0 Å². The summed E-state index contributed by atoms with van der Waals surface area (Å²) in [5.74, 6) is 0. The zero-order chi connectivity index (χ0) is 12.7. The molecule has 3 nitrogen and oxygen atoms in total. The maximum Gasteiger partial charge on any atom is 0.0626 e. The Balaban J connectivity index is 2.45. The van der Waals surface area contributed by atoms with Crippen molar-refractivity contribution in [1.29, 1.82) is 0 Å². The molecule has 0 N–H and O–H groups in total. The van der Waals surface area contributed by atoms with Crippen molar-refractivity contribution >= 4 is 11.6 Å². The van der Waals surface area contributed by atoms with Crippen molar-refractivity contribution in [1.82, 2.24) is 9.78 Å². The number of halogens is 1. The fourth-order valence-corrected chi connectivity index (χ4v) is 2.18. The Morgan fingerprint density at radius 2 is 2.12 bits per heavy atom. The lowest BCUT2D eigenvalue weighted by Gasteiger charge is -2.12. The maximum atomic E-state index is 6.10. The Kier molecular flexibility index (Phi) is 6.60. The molecule has 1 aromatic heterocycles. The smallest absolute Gasteiger partial charge is 0.0626 e. The number of aryl methyl sites for hydroxylation is 1. The van der Waals surface area contributed by atoms with Gasteiger partial charge in [0.2, 0.25) is 0 Å². The van der Waals surface area contributed by atoms with Gasteiger partial charge in [-0.3, -0.25) is 4.68 Å². The van der Waals surface area contributed by atoms with Crippen LogP contribution >= 0.6 is 11.6 Å². The second-order valence-corrected chi connectivity index (χ2v) is 4.97. The Hall–Kier alpha value is -0.540. The van der Waals surface area contributed by atoms with E-state index in [0.717, 1.165) is 31.4 Å². The Bertz CT molecular complexity index is 310. The van der Waals surface area contributed by atoms with Gasteiger partial charge in [-0.05, 0) is 31.7 Å². The lowest BCUT2D eigenvalue weighted by atomic mass is 10.2. The van der Waals surface area contributed by atoms with Crippen molar-refractivity contribution in [2.24, 2.45) is 0 Å². The molecule has 0 fully saturated rings. The summed E-state index contributed by atoms with van der Waals surface area (Å²) in [7, 11) is 1.68. The summed E-state index contributed by atoms with van der Waals surface area (Å²) in [5, 5.41) is 4.68. The standard InChI is InChI=1S/C13H23ClN2O/c1-4-13(5-2)16-9-8-12(15-16)7-6-11(14)10-17-3/h8-9,11,13H,4-7,10H2,1-3H3. The molecule has 0 spiro atoms. The molecule has 0 amide bonds. The van der Waals surface area contributed by atoms with Gasteiger partial charge in [0.15, 0.2) is 0 Å². The molecule has 0 saturated carbocycles. The van der Waals surface area contributed by atoms with Gasteiger partial charge in [-0.15, -0.1) is 11.6 Å². The van der Waals surface area contributed by atoms with Crippen molar-refractivity contribution < 1.29 is 4.74 Å². The summed E-state index contributed by atoms with van der Waals surface area (Å²) < 4.78 is 7.09. The number of alkyl halides is 1. The predicted octanol–water partition coefficient (Wildman–Crippen LogP) is 3.43. The molecule has 98 valence electrons. The predicted molar refractivity (Wildman–Crippen MR) is 71.7 cm³/mol. The number of nitrogens with zero attached hydrogens (tertiary/aromatic N) is 2. The number of methoxy groups -OCH3 is 1. The molecule has 0 aromatic carbocycles. The van der Waals surface area contributed by atoms with Crippen molar-refractivity contribution in [3.8, 4) is 0 Å². The number of rotatable bonds is 8. The van der Waals surface area contributed by atoms with Gasteiger partial charge in [0.25, 0.3) is 0 Å².